The Labute approximate surface area is 207 Å². The van der Waals surface area contributed by atoms with E-state index >= 15 is 8.78 Å². The largest absolute Gasteiger partial charge is 0.449 e. The van der Waals surface area contributed by atoms with Gasteiger partial charge in [0, 0.05) is 34.2 Å². The molecule has 3 saturated carbocycles. The Morgan fingerprint density at radius 1 is 1.24 bits per heavy atom. The van der Waals surface area contributed by atoms with Crippen LogP contribution in [0.1, 0.15) is 40.0 Å². The fourth-order valence-corrected chi connectivity index (χ4v) is 9.12. The third-order valence-corrected chi connectivity index (χ3v) is 11.3. The number of carbonyl (C=O) groups excluding carboxylic acids is 3. The number of ether oxygens (including phenoxy) is 1. The van der Waals surface area contributed by atoms with Gasteiger partial charge in [-0.2, -0.15) is 11.8 Å². The van der Waals surface area contributed by atoms with Gasteiger partial charge in [0.1, 0.15) is 6.17 Å². The molecule has 186 valence electrons. The van der Waals surface area contributed by atoms with Crippen LogP contribution in [0.5, 0.6) is 0 Å². The highest BCUT2D eigenvalue weighted by atomic mass is 32.2. The van der Waals surface area contributed by atoms with E-state index < -0.39 is 69.0 Å². The van der Waals surface area contributed by atoms with Crippen molar-refractivity contribution < 1.29 is 33.0 Å². The van der Waals surface area contributed by atoms with Crippen LogP contribution in [0.2, 0.25) is 0 Å². The van der Waals surface area contributed by atoms with E-state index in [1.165, 1.54) is 19.1 Å². The highest BCUT2D eigenvalue weighted by molar-refractivity contribution is 8.00. The topological polar surface area (TPSA) is 80.7 Å². The summed E-state index contributed by atoms with van der Waals surface area (Å²) in [4.78, 5) is 38.0. The minimum absolute atomic E-state index is 0.0536. The number of aliphatic hydroxyl groups is 1. The Morgan fingerprint density at radius 2 is 1.91 bits per heavy atom. The van der Waals surface area contributed by atoms with E-state index in [1.807, 2.05) is 0 Å². The molecule has 5 unspecified atom stereocenters. The van der Waals surface area contributed by atoms with Crippen LogP contribution >= 0.6 is 24.4 Å². The monoisotopic (exact) mass is 512 g/mol. The number of thiol groups is 1. The van der Waals surface area contributed by atoms with Crippen molar-refractivity contribution in [3.8, 4) is 0 Å². The molecule has 1 heterocycles. The van der Waals surface area contributed by atoms with Crippen LogP contribution in [0.4, 0.5) is 8.78 Å². The summed E-state index contributed by atoms with van der Waals surface area (Å²) in [6.45, 7) is 5.08. The van der Waals surface area contributed by atoms with Crippen LogP contribution in [-0.2, 0) is 19.1 Å². The van der Waals surface area contributed by atoms with Crippen molar-refractivity contribution in [2.24, 2.45) is 34.5 Å². The number of halogens is 2. The Bertz CT molecular complexity index is 1030. The van der Waals surface area contributed by atoms with Crippen molar-refractivity contribution in [2.45, 2.75) is 63.6 Å². The molecule has 1 aliphatic heterocycles. The first-order chi connectivity index (χ1) is 15.8. The van der Waals surface area contributed by atoms with E-state index in [0.717, 1.165) is 6.08 Å². The molecule has 0 spiro atoms. The summed E-state index contributed by atoms with van der Waals surface area (Å²) in [5.41, 5.74) is -6.45. The van der Waals surface area contributed by atoms with Crippen LogP contribution in [0.3, 0.4) is 0 Å². The van der Waals surface area contributed by atoms with Gasteiger partial charge in [-0.15, -0.1) is 12.6 Å². The van der Waals surface area contributed by atoms with Crippen LogP contribution in [0.25, 0.3) is 0 Å². The molecule has 9 heteroatoms. The molecule has 1 saturated heterocycles. The normalized spacial score (nSPS) is 49.9. The number of allylic oxidation sites excluding steroid dienone is 4. The zero-order valence-electron chi connectivity index (χ0n) is 19.4. The van der Waals surface area contributed by atoms with Gasteiger partial charge in [0.25, 0.3) is 0 Å². The molecule has 0 aromatic carbocycles. The van der Waals surface area contributed by atoms with Gasteiger partial charge in [-0.25, -0.2) is 8.78 Å². The smallest absolute Gasteiger partial charge is 0.311 e. The lowest BCUT2D eigenvalue weighted by Crippen LogP contribution is -2.70. The molecule has 5 rings (SSSR count). The summed E-state index contributed by atoms with van der Waals surface area (Å²) in [6.07, 6.45) is 0.629. The zero-order chi connectivity index (χ0) is 24.8. The highest BCUT2D eigenvalue weighted by Crippen LogP contribution is 2.71. The van der Waals surface area contributed by atoms with Gasteiger partial charge in [0.15, 0.2) is 17.1 Å². The number of fused-ring (bicyclic) bond motifs is 5. The first-order valence-corrected chi connectivity index (χ1v) is 13.4. The molecule has 0 aromatic rings. The predicted molar refractivity (Wildman–Crippen MR) is 127 cm³/mol. The number of alkyl halides is 2. The van der Waals surface area contributed by atoms with E-state index in [9.17, 15) is 19.5 Å². The lowest BCUT2D eigenvalue weighted by atomic mass is 9.44. The molecule has 4 aliphatic carbocycles. The quantitative estimate of drug-likeness (QED) is 0.444. The zero-order valence-corrected chi connectivity index (χ0v) is 21.1. The lowest BCUT2D eigenvalue weighted by Gasteiger charge is -2.63. The molecular formula is C25H30F2O5S2. The van der Waals surface area contributed by atoms with Gasteiger partial charge in [-0.1, -0.05) is 19.9 Å². The molecule has 0 aromatic heterocycles. The number of thioether (sulfide) groups is 1. The van der Waals surface area contributed by atoms with Gasteiger partial charge in [0.05, 0.1) is 12.0 Å². The van der Waals surface area contributed by atoms with E-state index in [-0.39, 0.29) is 24.3 Å². The Hall–Kier alpha value is -1.19. The molecule has 1 N–H and O–H groups in total. The van der Waals surface area contributed by atoms with Crippen LogP contribution in [-0.4, -0.2) is 57.0 Å². The number of carbonyl (C=O) groups is 3. The Kier molecular flexibility index (Phi) is 5.52. The number of aliphatic hydroxyl groups excluding tert-OH is 1. The SMILES string of the molecule is CC1C[C@H]2[C@@H]3CC(F)C4=CC(=O)C=C[C@]4(C)C3(F)C(O)C[C@]2(C)C1(OC(=O)C1CSC1)C(=O)S. The number of rotatable bonds is 3. The van der Waals surface area contributed by atoms with Crippen molar-refractivity contribution in [2.75, 3.05) is 11.5 Å². The lowest BCUT2D eigenvalue weighted by molar-refractivity contribution is -0.229. The third-order valence-electron chi connectivity index (χ3n) is 9.72. The molecule has 0 radical (unpaired) electrons. The first kappa shape index (κ1) is 24.5. The third kappa shape index (κ3) is 2.80. The summed E-state index contributed by atoms with van der Waals surface area (Å²) in [6, 6.07) is 0. The maximum absolute atomic E-state index is 17.2. The maximum Gasteiger partial charge on any atom is 0.311 e. The minimum atomic E-state index is -2.24. The summed E-state index contributed by atoms with van der Waals surface area (Å²) >= 11 is 5.77. The van der Waals surface area contributed by atoms with Crippen LogP contribution in [0.15, 0.2) is 23.8 Å². The number of hydrogen-bond donors (Lipinski definition) is 2. The van der Waals surface area contributed by atoms with Crippen molar-refractivity contribution in [3.05, 3.63) is 23.8 Å². The number of esters is 1. The Balaban J connectivity index is 1.61. The van der Waals surface area contributed by atoms with Crippen molar-refractivity contribution in [1.82, 2.24) is 0 Å². The molecule has 0 bridgehead atoms. The van der Waals surface area contributed by atoms with E-state index in [2.05, 4.69) is 12.6 Å². The second-order valence-corrected chi connectivity index (χ2v) is 12.7. The summed E-state index contributed by atoms with van der Waals surface area (Å²) in [5, 5.41) is 10.8. The minimum Gasteiger partial charge on any atom is -0.449 e. The molecule has 9 atom stereocenters. The summed E-state index contributed by atoms with van der Waals surface area (Å²) in [7, 11) is 0. The summed E-state index contributed by atoms with van der Waals surface area (Å²) < 4.78 is 38.8. The van der Waals surface area contributed by atoms with Gasteiger partial charge in [-0.3, -0.25) is 14.4 Å². The van der Waals surface area contributed by atoms with Gasteiger partial charge in [-0.05, 0) is 49.8 Å². The molecule has 0 amide bonds. The van der Waals surface area contributed by atoms with E-state index in [0.29, 0.717) is 17.9 Å². The molecular weight excluding hydrogens is 482 g/mol. The Morgan fingerprint density at radius 3 is 2.50 bits per heavy atom. The fraction of sp³-hybridized carbons (Fsp3) is 0.720. The van der Waals surface area contributed by atoms with Crippen molar-refractivity contribution in [1.29, 1.82) is 0 Å². The standard InChI is InChI=1S/C25H30F2O5S2/c1-12-6-15-16-8-18(26)17-7-14(28)4-5-22(17,2)24(16,27)19(29)9-23(15,3)25(12,21(31)33)32-20(30)13-10-34-11-13/h4-5,7,12-13,15-16,18-19,29H,6,8-11H2,1-3H3,(H,31,33)/t12?,15-,16-,18?,19?,22-,23-,24?,25?/m0/s1. The predicted octanol–water partition coefficient (Wildman–Crippen LogP) is 3.65. The average molecular weight is 513 g/mol. The van der Waals surface area contributed by atoms with Gasteiger partial charge < -0.3 is 9.84 Å². The van der Waals surface area contributed by atoms with Crippen LogP contribution in [0, 0.1) is 34.5 Å². The van der Waals surface area contributed by atoms with Crippen molar-refractivity contribution >= 4 is 41.3 Å². The second-order valence-electron chi connectivity index (χ2n) is 11.2. The molecule has 4 fully saturated rings. The second kappa shape index (κ2) is 7.65. The molecule has 5 aliphatic rings. The average Bonchev–Trinajstić information content (AvgIpc) is 2.92. The first-order valence-electron chi connectivity index (χ1n) is 11.8. The summed E-state index contributed by atoms with van der Waals surface area (Å²) in [5.74, 6) is -1.90. The number of hydrogen-bond acceptors (Lipinski definition) is 6. The molecule has 5 nitrogen and oxygen atoms in total. The molecule has 34 heavy (non-hydrogen) atoms. The van der Waals surface area contributed by atoms with Gasteiger partial charge >= 0.3 is 5.97 Å². The highest BCUT2D eigenvalue weighted by Gasteiger charge is 2.78. The number of ketones is 1. The van der Waals surface area contributed by atoms with Crippen LogP contribution < -0.4 is 0 Å². The maximum atomic E-state index is 17.2. The fourth-order valence-electron chi connectivity index (χ4n) is 7.85. The van der Waals surface area contributed by atoms with E-state index in [4.69, 9.17) is 4.74 Å². The van der Waals surface area contributed by atoms with E-state index in [1.54, 1.807) is 25.6 Å². The van der Waals surface area contributed by atoms with Gasteiger partial charge in [0.2, 0.25) is 5.12 Å². The van der Waals surface area contributed by atoms with Crippen molar-refractivity contribution in [3.63, 3.8) is 0 Å².